The molecule has 4 heteroatoms. The predicted molar refractivity (Wildman–Crippen MR) is 109 cm³/mol. The first-order chi connectivity index (χ1) is 13.5. The summed E-state index contributed by atoms with van der Waals surface area (Å²) in [6, 6.07) is 16.3. The average Bonchev–Trinajstić information content (AvgIpc) is 2.70. The average molecular weight is 378 g/mol. The number of esters is 1. The van der Waals surface area contributed by atoms with E-state index >= 15 is 0 Å². The van der Waals surface area contributed by atoms with Crippen molar-refractivity contribution in [3.63, 3.8) is 0 Å². The molecule has 0 aliphatic rings. The van der Waals surface area contributed by atoms with E-state index in [4.69, 9.17) is 4.74 Å². The van der Waals surface area contributed by atoms with E-state index in [2.05, 4.69) is 0 Å². The number of hydrogen-bond donors (Lipinski definition) is 0. The molecule has 0 spiro atoms. The Bertz CT molecular complexity index is 1020. The lowest BCUT2D eigenvalue weighted by Crippen LogP contribution is -2.05. The molecule has 3 rings (SSSR count). The molecule has 3 aromatic rings. The van der Waals surface area contributed by atoms with Gasteiger partial charge in [-0.25, -0.2) is 4.39 Å². The predicted octanol–water partition coefficient (Wildman–Crippen LogP) is 5.73. The highest BCUT2D eigenvalue weighted by Gasteiger charge is 2.13. The standard InChI is InChI=1S/C24H23FO3/c1-3-23(26)19-13-17-7-5-6-8-21(17)22(15-19)18-11-16(12-20(25)14-18)9-10-24(27)28-4-2/h5-8,11-15H,3-4,9-10H2,1-2H3. The number of hydrogen-bond acceptors (Lipinski definition) is 3. The molecule has 0 amide bonds. The van der Waals surface area contributed by atoms with Gasteiger partial charge < -0.3 is 4.74 Å². The molecule has 3 aromatic carbocycles. The molecule has 0 bridgehead atoms. The van der Waals surface area contributed by atoms with E-state index in [-0.39, 0.29) is 24.0 Å². The number of ketones is 1. The summed E-state index contributed by atoms with van der Waals surface area (Å²) < 4.78 is 19.3. The summed E-state index contributed by atoms with van der Waals surface area (Å²) in [4.78, 5) is 23.9. The Morgan fingerprint density at radius 1 is 1.00 bits per heavy atom. The summed E-state index contributed by atoms with van der Waals surface area (Å²) in [7, 11) is 0. The molecule has 0 radical (unpaired) electrons. The fourth-order valence-corrected chi connectivity index (χ4v) is 3.34. The van der Waals surface area contributed by atoms with Gasteiger partial charge in [0.05, 0.1) is 6.61 Å². The highest BCUT2D eigenvalue weighted by atomic mass is 19.1. The summed E-state index contributed by atoms with van der Waals surface area (Å²) in [6.45, 7) is 3.91. The number of benzene rings is 3. The number of rotatable bonds is 7. The highest BCUT2D eigenvalue weighted by Crippen LogP contribution is 2.32. The monoisotopic (exact) mass is 378 g/mol. The van der Waals surface area contributed by atoms with Crippen molar-refractivity contribution in [1.82, 2.24) is 0 Å². The second-order valence-corrected chi connectivity index (χ2v) is 6.67. The summed E-state index contributed by atoms with van der Waals surface area (Å²) >= 11 is 0. The number of carbonyl (C=O) groups is 2. The van der Waals surface area contributed by atoms with Crippen LogP contribution in [0.4, 0.5) is 4.39 Å². The lowest BCUT2D eigenvalue weighted by molar-refractivity contribution is -0.143. The van der Waals surface area contributed by atoms with Gasteiger partial charge in [0.15, 0.2) is 5.78 Å². The van der Waals surface area contributed by atoms with Gasteiger partial charge in [-0.2, -0.15) is 0 Å². The summed E-state index contributed by atoms with van der Waals surface area (Å²) in [5.41, 5.74) is 2.85. The molecule has 0 atom stereocenters. The molecule has 0 heterocycles. The fraction of sp³-hybridized carbons (Fsp3) is 0.250. The van der Waals surface area contributed by atoms with E-state index in [1.807, 2.05) is 49.4 Å². The number of fused-ring (bicyclic) bond motifs is 1. The second kappa shape index (κ2) is 8.79. The SMILES string of the molecule is CCOC(=O)CCc1cc(F)cc(-c2cc(C(=O)CC)cc3ccccc23)c1. The minimum atomic E-state index is -0.368. The van der Waals surface area contributed by atoms with Crippen LogP contribution in [0.5, 0.6) is 0 Å². The lowest BCUT2D eigenvalue weighted by atomic mass is 9.92. The molecule has 0 fully saturated rings. The highest BCUT2D eigenvalue weighted by molar-refractivity contribution is 6.05. The molecule has 0 saturated heterocycles. The maximum absolute atomic E-state index is 14.3. The Morgan fingerprint density at radius 2 is 1.79 bits per heavy atom. The van der Waals surface area contributed by atoms with Crippen molar-refractivity contribution in [2.45, 2.75) is 33.1 Å². The number of halogens is 1. The molecular formula is C24H23FO3. The van der Waals surface area contributed by atoms with Crippen molar-refractivity contribution in [1.29, 1.82) is 0 Å². The zero-order valence-corrected chi connectivity index (χ0v) is 16.1. The van der Waals surface area contributed by atoms with E-state index in [1.54, 1.807) is 6.92 Å². The van der Waals surface area contributed by atoms with E-state index in [0.717, 1.165) is 21.9 Å². The molecule has 0 aliphatic heterocycles. The van der Waals surface area contributed by atoms with Crippen molar-refractivity contribution in [2.75, 3.05) is 6.61 Å². The first-order valence-electron chi connectivity index (χ1n) is 9.53. The van der Waals surface area contributed by atoms with Crippen molar-refractivity contribution in [3.8, 4) is 11.1 Å². The number of carbonyl (C=O) groups excluding carboxylic acids is 2. The van der Waals surface area contributed by atoms with Gasteiger partial charge in [-0.05, 0) is 65.1 Å². The molecule has 0 unspecified atom stereocenters. The molecule has 0 aromatic heterocycles. The Balaban J connectivity index is 2.06. The van der Waals surface area contributed by atoms with Crippen LogP contribution in [0.3, 0.4) is 0 Å². The Hall–Kier alpha value is -3.01. The third kappa shape index (κ3) is 4.45. The molecule has 0 N–H and O–H groups in total. The van der Waals surface area contributed by atoms with Gasteiger partial charge in [-0.1, -0.05) is 37.3 Å². The first-order valence-corrected chi connectivity index (χ1v) is 9.53. The van der Waals surface area contributed by atoms with Crippen LogP contribution in [0.1, 0.15) is 42.6 Å². The van der Waals surface area contributed by atoms with Crippen LogP contribution >= 0.6 is 0 Å². The van der Waals surface area contributed by atoms with Crippen LogP contribution in [-0.4, -0.2) is 18.4 Å². The number of aryl methyl sites for hydroxylation is 1. The molecule has 28 heavy (non-hydrogen) atoms. The molecule has 0 aliphatic carbocycles. The maximum atomic E-state index is 14.3. The van der Waals surface area contributed by atoms with E-state index < -0.39 is 0 Å². The van der Waals surface area contributed by atoms with Gasteiger partial charge in [-0.3, -0.25) is 9.59 Å². The van der Waals surface area contributed by atoms with Crippen molar-refractivity contribution in [3.05, 3.63) is 71.5 Å². The van der Waals surface area contributed by atoms with Gasteiger partial charge in [0, 0.05) is 18.4 Å². The Morgan fingerprint density at radius 3 is 2.54 bits per heavy atom. The minimum Gasteiger partial charge on any atom is -0.466 e. The third-order valence-corrected chi connectivity index (χ3v) is 4.70. The van der Waals surface area contributed by atoms with Gasteiger partial charge >= 0.3 is 5.97 Å². The van der Waals surface area contributed by atoms with Crippen LogP contribution in [0.15, 0.2) is 54.6 Å². The van der Waals surface area contributed by atoms with Gasteiger partial charge in [0.25, 0.3) is 0 Å². The minimum absolute atomic E-state index is 0.0472. The quantitative estimate of drug-likeness (QED) is 0.389. The lowest BCUT2D eigenvalue weighted by Gasteiger charge is -2.12. The van der Waals surface area contributed by atoms with Gasteiger partial charge in [0.2, 0.25) is 0 Å². The largest absolute Gasteiger partial charge is 0.466 e. The summed E-state index contributed by atoms with van der Waals surface area (Å²) in [5, 5.41) is 1.89. The van der Waals surface area contributed by atoms with Gasteiger partial charge in [0.1, 0.15) is 5.82 Å². The Labute approximate surface area is 164 Å². The van der Waals surface area contributed by atoms with Crippen LogP contribution in [0.2, 0.25) is 0 Å². The topological polar surface area (TPSA) is 43.4 Å². The second-order valence-electron chi connectivity index (χ2n) is 6.67. The van der Waals surface area contributed by atoms with E-state index in [9.17, 15) is 14.0 Å². The van der Waals surface area contributed by atoms with Gasteiger partial charge in [-0.15, -0.1) is 0 Å². The first kappa shape index (κ1) is 19.7. The molecule has 0 saturated carbocycles. The molecule has 144 valence electrons. The molecular weight excluding hydrogens is 355 g/mol. The normalized spacial score (nSPS) is 10.8. The summed E-state index contributed by atoms with van der Waals surface area (Å²) in [5.74, 6) is -0.618. The zero-order valence-electron chi connectivity index (χ0n) is 16.1. The Kier molecular flexibility index (Phi) is 6.19. The van der Waals surface area contributed by atoms with Crippen molar-refractivity contribution < 1.29 is 18.7 Å². The van der Waals surface area contributed by atoms with E-state index in [0.29, 0.717) is 30.6 Å². The van der Waals surface area contributed by atoms with Crippen molar-refractivity contribution >= 4 is 22.5 Å². The van der Waals surface area contributed by atoms with Crippen LogP contribution in [-0.2, 0) is 16.0 Å². The fourth-order valence-electron chi connectivity index (χ4n) is 3.34. The summed E-state index contributed by atoms with van der Waals surface area (Å²) in [6.07, 6.45) is 1.01. The molecule has 3 nitrogen and oxygen atoms in total. The number of Topliss-reactive ketones (excluding diaryl/α,β-unsaturated/α-hetero) is 1. The zero-order chi connectivity index (χ0) is 20.1. The smallest absolute Gasteiger partial charge is 0.306 e. The van der Waals surface area contributed by atoms with Crippen LogP contribution in [0.25, 0.3) is 21.9 Å². The van der Waals surface area contributed by atoms with Crippen molar-refractivity contribution in [2.24, 2.45) is 0 Å². The number of ether oxygens (including phenoxy) is 1. The van der Waals surface area contributed by atoms with Crippen LogP contribution in [0, 0.1) is 5.82 Å². The maximum Gasteiger partial charge on any atom is 0.306 e. The van der Waals surface area contributed by atoms with Crippen LogP contribution < -0.4 is 0 Å². The third-order valence-electron chi connectivity index (χ3n) is 4.70. The van der Waals surface area contributed by atoms with E-state index in [1.165, 1.54) is 12.1 Å².